The van der Waals surface area contributed by atoms with E-state index >= 15 is 0 Å². The van der Waals surface area contributed by atoms with Gasteiger partial charge in [-0.15, -0.1) is 0 Å². The topological polar surface area (TPSA) is 44.4 Å². The molecule has 0 spiro atoms. The first kappa shape index (κ1) is 13.7. The molecule has 0 aromatic heterocycles. The smallest absolute Gasteiger partial charge is 0.221 e. The van der Waals surface area contributed by atoms with Crippen LogP contribution in [-0.4, -0.2) is 59.6 Å². The number of amides is 1. The number of nitrogens with zero attached hydrogens (tertiary/aromatic N) is 1. The van der Waals surface area contributed by atoms with Crippen LogP contribution in [0.25, 0.3) is 0 Å². The second-order valence-corrected chi connectivity index (χ2v) is 7.36. The third-order valence-corrected chi connectivity index (χ3v) is 5.57. The monoisotopic (exact) mass is 283 g/mol. The van der Waals surface area contributed by atoms with Crippen molar-refractivity contribution in [2.75, 3.05) is 24.6 Å². The maximum atomic E-state index is 12.1. The maximum absolute atomic E-state index is 12.1. The average Bonchev–Trinajstić information content (AvgIpc) is 3.15. The molecule has 3 aliphatic rings. The molecular formula is C14H25N3OS. The van der Waals surface area contributed by atoms with Crippen LogP contribution in [0.4, 0.5) is 0 Å². The number of rotatable bonds is 4. The lowest BCUT2D eigenvalue weighted by atomic mass is 10.1. The largest absolute Gasteiger partial charge is 0.352 e. The molecule has 1 aliphatic carbocycles. The normalized spacial score (nSPS) is 36.4. The Morgan fingerprint density at radius 2 is 2.32 bits per heavy atom. The zero-order valence-electron chi connectivity index (χ0n) is 11.7. The Balaban J connectivity index is 1.42. The summed E-state index contributed by atoms with van der Waals surface area (Å²) in [6.07, 6.45) is 4.47. The van der Waals surface area contributed by atoms with Gasteiger partial charge in [0.25, 0.3) is 0 Å². The van der Waals surface area contributed by atoms with Crippen LogP contribution in [0.1, 0.15) is 32.6 Å². The minimum absolute atomic E-state index is 0.231. The van der Waals surface area contributed by atoms with Crippen LogP contribution < -0.4 is 10.6 Å². The number of carbonyl (C=O) groups is 1. The van der Waals surface area contributed by atoms with E-state index in [1.54, 1.807) is 0 Å². The van der Waals surface area contributed by atoms with E-state index in [1.807, 2.05) is 11.8 Å². The average molecular weight is 283 g/mol. The Morgan fingerprint density at radius 1 is 1.47 bits per heavy atom. The minimum Gasteiger partial charge on any atom is -0.352 e. The van der Waals surface area contributed by atoms with E-state index in [9.17, 15) is 4.79 Å². The van der Waals surface area contributed by atoms with Crippen molar-refractivity contribution >= 4 is 17.7 Å². The van der Waals surface area contributed by atoms with E-state index in [-0.39, 0.29) is 5.91 Å². The van der Waals surface area contributed by atoms with Crippen LogP contribution in [0, 0.1) is 0 Å². The van der Waals surface area contributed by atoms with Crippen LogP contribution in [-0.2, 0) is 4.79 Å². The van der Waals surface area contributed by atoms with Crippen molar-refractivity contribution in [3.63, 3.8) is 0 Å². The standard InChI is InChI=1S/C14H25N3OS/c1-10-6-11(8-17(10)13-2-3-13)16-14(18)7-12-9-19-5-4-15-12/h10-13,15H,2-9H2,1H3,(H,16,18). The third-order valence-electron chi connectivity index (χ3n) is 4.43. The summed E-state index contributed by atoms with van der Waals surface area (Å²) in [5, 5.41) is 6.67. The third kappa shape index (κ3) is 3.64. The molecule has 4 nitrogen and oxygen atoms in total. The molecule has 0 bridgehead atoms. The summed E-state index contributed by atoms with van der Waals surface area (Å²) in [6.45, 7) is 4.40. The summed E-state index contributed by atoms with van der Waals surface area (Å²) >= 11 is 1.95. The van der Waals surface area contributed by atoms with Crippen molar-refractivity contribution in [1.82, 2.24) is 15.5 Å². The van der Waals surface area contributed by atoms with Gasteiger partial charge in [-0.2, -0.15) is 11.8 Å². The van der Waals surface area contributed by atoms with Crippen LogP contribution in [0.5, 0.6) is 0 Å². The van der Waals surface area contributed by atoms with Crippen molar-refractivity contribution in [3.8, 4) is 0 Å². The van der Waals surface area contributed by atoms with E-state index in [0.717, 1.165) is 31.3 Å². The Labute approximate surface area is 120 Å². The molecule has 0 radical (unpaired) electrons. The fourth-order valence-corrected chi connectivity index (χ4v) is 4.29. The number of hydrogen-bond donors (Lipinski definition) is 2. The molecule has 3 fully saturated rings. The quantitative estimate of drug-likeness (QED) is 0.802. The summed E-state index contributed by atoms with van der Waals surface area (Å²) in [5.41, 5.74) is 0. The van der Waals surface area contributed by atoms with Crippen molar-refractivity contribution in [3.05, 3.63) is 0 Å². The molecule has 1 amide bonds. The molecule has 19 heavy (non-hydrogen) atoms. The van der Waals surface area contributed by atoms with Gasteiger partial charge in [-0.1, -0.05) is 0 Å². The summed E-state index contributed by atoms with van der Waals surface area (Å²) in [5.74, 6) is 2.48. The van der Waals surface area contributed by atoms with E-state index in [2.05, 4.69) is 22.5 Å². The van der Waals surface area contributed by atoms with E-state index < -0.39 is 0 Å². The summed E-state index contributed by atoms with van der Waals surface area (Å²) in [7, 11) is 0. The lowest BCUT2D eigenvalue weighted by molar-refractivity contribution is -0.122. The summed E-state index contributed by atoms with van der Waals surface area (Å²) in [6, 6.07) is 2.20. The highest BCUT2D eigenvalue weighted by atomic mass is 32.2. The van der Waals surface area contributed by atoms with E-state index in [1.165, 1.54) is 18.6 Å². The highest BCUT2D eigenvalue weighted by Gasteiger charge is 2.39. The molecule has 2 aliphatic heterocycles. The predicted octanol–water partition coefficient (Wildman–Crippen LogP) is 0.823. The molecule has 3 rings (SSSR count). The Hall–Kier alpha value is -0.260. The number of carbonyl (C=O) groups excluding carboxylic acids is 1. The van der Waals surface area contributed by atoms with Crippen LogP contribution >= 0.6 is 11.8 Å². The molecule has 0 aromatic rings. The highest BCUT2D eigenvalue weighted by Crippen LogP contribution is 2.33. The van der Waals surface area contributed by atoms with Crippen molar-refractivity contribution < 1.29 is 4.79 Å². The number of thioether (sulfide) groups is 1. The van der Waals surface area contributed by atoms with Gasteiger partial charge in [0.15, 0.2) is 0 Å². The van der Waals surface area contributed by atoms with Gasteiger partial charge >= 0.3 is 0 Å². The molecule has 2 saturated heterocycles. The molecule has 108 valence electrons. The second kappa shape index (κ2) is 6.02. The maximum Gasteiger partial charge on any atom is 0.221 e. The molecule has 3 atom stereocenters. The van der Waals surface area contributed by atoms with E-state index in [4.69, 9.17) is 0 Å². The summed E-state index contributed by atoms with van der Waals surface area (Å²) < 4.78 is 0. The van der Waals surface area contributed by atoms with Gasteiger partial charge in [0.1, 0.15) is 0 Å². The first-order valence-electron chi connectivity index (χ1n) is 7.58. The molecular weight excluding hydrogens is 258 g/mol. The van der Waals surface area contributed by atoms with Gasteiger partial charge < -0.3 is 10.6 Å². The highest BCUT2D eigenvalue weighted by molar-refractivity contribution is 7.99. The minimum atomic E-state index is 0.231. The number of hydrogen-bond acceptors (Lipinski definition) is 4. The molecule has 5 heteroatoms. The van der Waals surface area contributed by atoms with E-state index in [0.29, 0.717) is 24.5 Å². The van der Waals surface area contributed by atoms with Crippen molar-refractivity contribution in [2.45, 2.75) is 56.8 Å². The van der Waals surface area contributed by atoms with Crippen molar-refractivity contribution in [2.24, 2.45) is 0 Å². The Kier molecular flexibility index (Phi) is 4.34. The van der Waals surface area contributed by atoms with Gasteiger partial charge in [0.05, 0.1) is 0 Å². The van der Waals surface area contributed by atoms with Crippen molar-refractivity contribution in [1.29, 1.82) is 0 Å². The first-order chi connectivity index (χ1) is 9.22. The van der Waals surface area contributed by atoms with Crippen LogP contribution in [0.15, 0.2) is 0 Å². The SMILES string of the molecule is CC1CC(NC(=O)CC2CSCCN2)CN1C1CC1. The van der Waals surface area contributed by atoms with Crippen LogP contribution in [0.2, 0.25) is 0 Å². The predicted molar refractivity (Wildman–Crippen MR) is 79.5 cm³/mol. The van der Waals surface area contributed by atoms with Gasteiger partial charge in [-0.25, -0.2) is 0 Å². The zero-order valence-corrected chi connectivity index (χ0v) is 12.5. The molecule has 2 N–H and O–H groups in total. The first-order valence-corrected chi connectivity index (χ1v) is 8.74. The van der Waals surface area contributed by atoms with Gasteiger partial charge in [-0.3, -0.25) is 9.69 Å². The number of likely N-dealkylation sites (tertiary alicyclic amines) is 1. The molecule has 0 aromatic carbocycles. The van der Waals surface area contributed by atoms with Gasteiger partial charge in [-0.05, 0) is 26.2 Å². The Bertz CT molecular complexity index is 329. The zero-order chi connectivity index (χ0) is 13.2. The number of nitrogens with one attached hydrogen (secondary N) is 2. The fourth-order valence-electron chi connectivity index (χ4n) is 3.34. The fraction of sp³-hybridized carbons (Fsp3) is 0.929. The molecule has 1 saturated carbocycles. The molecule has 2 heterocycles. The van der Waals surface area contributed by atoms with Gasteiger partial charge in [0.2, 0.25) is 5.91 Å². The second-order valence-electron chi connectivity index (χ2n) is 6.21. The molecule has 3 unspecified atom stereocenters. The lowest BCUT2D eigenvalue weighted by Gasteiger charge is -2.23. The summed E-state index contributed by atoms with van der Waals surface area (Å²) in [4.78, 5) is 14.7. The lowest BCUT2D eigenvalue weighted by Crippen LogP contribution is -2.44. The van der Waals surface area contributed by atoms with Crippen LogP contribution in [0.3, 0.4) is 0 Å². The van der Waals surface area contributed by atoms with Gasteiger partial charge in [0, 0.05) is 55.2 Å². The Morgan fingerprint density at radius 3 is 3.00 bits per heavy atom.